The van der Waals surface area contributed by atoms with Crippen molar-refractivity contribution >= 4 is 11.9 Å². The van der Waals surface area contributed by atoms with Crippen LogP contribution in [0.25, 0.3) is 0 Å². The minimum atomic E-state index is -0.261. The monoisotopic (exact) mass is 223 g/mol. The maximum atomic E-state index is 11.4. The van der Waals surface area contributed by atoms with Gasteiger partial charge in [0.05, 0.1) is 31.6 Å². The lowest BCUT2D eigenvalue weighted by Crippen LogP contribution is -2.39. The van der Waals surface area contributed by atoms with Gasteiger partial charge in [0.2, 0.25) is 0 Å². The number of amides is 1. The van der Waals surface area contributed by atoms with E-state index in [-0.39, 0.29) is 24.3 Å². The molecule has 0 bridgehead atoms. The summed E-state index contributed by atoms with van der Waals surface area (Å²) in [6, 6.07) is -0.103. The van der Waals surface area contributed by atoms with Crippen molar-refractivity contribution in [2.45, 2.75) is 19.4 Å². The molecule has 6 heteroatoms. The predicted molar refractivity (Wildman–Crippen MR) is 54.8 cm³/mol. The number of esters is 1. The third kappa shape index (κ3) is 1.91. The van der Waals surface area contributed by atoms with Gasteiger partial charge in [0, 0.05) is 6.54 Å². The predicted octanol–water partition coefficient (Wildman–Crippen LogP) is 0.121. The second kappa shape index (κ2) is 4.34. The van der Waals surface area contributed by atoms with E-state index in [4.69, 9.17) is 4.74 Å². The van der Waals surface area contributed by atoms with Crippen molar-refractivity contribution in [2.75, 3.05) is 13.2 Å². The second-order valence-electron chi connectivity index (χ2n) is 3.56. The molecule has 1 aromatic rings. The third-order valence-electron chi connectivity index (χ3n) is 2.50. The molecule has 1 aliphatic heterocycles. The zero-order valence-corrected chi connectivity index (χ0v) is 8.97. The Morgan fingerprint density at radius 2 is 2.56 bits per heavy atom. The van der Waals surface area contributed by atoms with Crippen LogP contribution in [-0.2, 0) is 9.53 Å². The fourth-order valence-electron chi connectivity index (χ4n) is 1.75. The fourth-order valence-corrected chi connectivity index (χ4v) is 1.75. The van der Waals surface area contributed by atoms with Crippen LogP contribution < -0.4 is 5.32 Å². The first-order chi connectivity index (χ1) is 7.72. The zero-order valence-electron chi connectivity index (χ0n) is 8.97. The summed E-state index contributed by atoms with van der Waals surface area (Å²) in [5.41, 5.74) is 0.487. The summed E-state index contributed by atoms with van der Waals surface area (Å²) in [6.45, 7) is 2.57. The van der Waals surface area contributed by atoms with E-state index in [9.17, 15) is 9.59 Å². The lowest BCUT2D eigenvalue weighted by Gasteiger charge is -2.24. The highest BCUT2D eigenvalue weighted by molar-refractivity contribution is 5.93. The molecule has 0 spiro atoms. The maximum absolute atomic E-state index is 11.4. The van der Waals surface area contributed by atoms with E-state index in [1.54, 1.807) is 17.8 Å². The molecule has 1 N–H and O–H groups in total. The van der Waals surface area contributed by atoms with Gasteiger partial charge in [-0.25, -0.2) is 4.98 Å². The molecule has 0 radical (unpaired) electrons. The standard InChI is InChI=1S/C10H13N3O3/c1-2-16-9(14)3-7-4-12-10(15)8-5-11-6-13(7)8/h5-7H,2-4H2,1H3,(H,12,15). The number of carbonyl (C=O) groups excluding carboxylic acids is 2. The topological polar surface area (TPSA) is 73.2 Å². The summed E-state index contributed by atoms with van der Waals surface area (Å²) in [6.07, 6.45) is 3.31. The summed E-state index contributed by atoms with van der Waals surface area (Å²) in [5.74, 6) is -0.416. The average molecular weight is 223 g/mol. The van der Waals surface area contributed by atoms with Gasteiger partial charge in [0.25, 0.3) is 5.91 Å². The molecule has 86 valence electrons. The normalized spacial score (nSPS) is 18.8. The molecule has 2 heterocycles. The molecule has 0 saturated heterocycles. The number of aromatic nitrogens is 2. The Balaban J connectivity index is 2.11. The molecule has 0 fully saturated rings. The first-order valence-electron chi connectivity index (χ1n) is 5.18. The summed E-state index contributed by atoms with van der Waals surface area (Å²) >= 11 is 0. The molecular formula is C10H13N3O3. The first kappa shape index (κ1) is 10.7. The zero-order chi connectivity index (χ0) is 11.5. The van der Waals surface area contributed by atoms with Crippen LogP contribution in [0.5, 0.6) is 0 Å². The van der Waals surface area contributed by atoms with E-state index in [1.807, 2.05) is 0 Å². The van der Waals surface area contributed by atoms with Crippen molar-refractivity contribution < 1.29 is 14.3 Å². The van der Waals surface area contributed by atoms with Crippen LogP contribution in [0.15, 0.2) is 12.5 Å². The number of nitrogens with one attached hydrogen (secondary N) is 1. The Kier molecular flexibility index (Phi) is 2.89. The number of hydrogen-bond acceptors (Lipinski definition) is 4. The molecule has 1 aliphatic rings. The number of hydrogen-bond donors (Lipinski definition) is 1. The first-order valence-corrected chi connectivity index (χ1v) is 5.18. The Labute approximate surface area is 92.6 Å². The number of rotatable bonds is 3. The van der Waals surface area contributed by atoms with Crippen LogP contribution in [0.3, 0.4) is 0 Å². The molecule has 2 rings (SSSR count). The molecular weight excluding hydrogens is 210 g/mol. The van der Waals surface area contributed by atoms with Gasteiger partial charge in [0.15, 0.2) is 0 Å². The van der Waals surface area contributed by atoms with Gasteiger partial charge in [-0.1, -0.05) is 0 Å². The minimum absolute atomic E-state index is 0.103. The van der Waals surface area contributed by atoms with E-state index >= 15 is 0 Å². The largest absolute Gasteiger partial charge is 0.466 e. The third-order valence-corrected chi connectivity index (χ3v) is 2.50. The Hall–Kier alpha value is -1.85. The van der Waals surface area contributed by atoms with E-state index in [2.05, 4.69) is 10.3 Å². The van der Waals surface area contributed by atoms with Crippen LogP contribution in [0.1, 0.15) is 29.9 Å². The van der Waals surface area contributed by atoms with Crippen molar-refractivity contribution in [1.29, 1.82) is 0 Å². The second-order valence-corrected chi connectivity index (χ2v) is 3.56. The van der Waals surface area contributed by atoms with Gasteiger partial charge in [-0.15, -0.1) is 0 Å². The van der Waals surface area contributed by atoms with E-state index in [0.717, 1.165) is 0 Å². The number of nitrogens with zero attached hydrogens (tertiary/aromatic N) is 2. The molecule has 0 aliphatic carbocycles. The molecule has 16 heavy (non-hydrogen) atoms. The van der Waals surface area contributed by atoms with Crippen molar-refractivity contribution in [3.05, 3.63) is 18.2 Å². The molecule has 1 aromatic heterocycles. The lowest BCUT2D eigenvalue weighted by molar-refractivity contribution is -0.144. The molecule has 1 unspecified atom stereocenters. The highest BCUT2D eigenvalue weighted by Crippen LogP contribution is 2.18. The van der Waals surface area contributed by atoms with E-state index in [0.29, 0.717) is 18.8 Å². The number of imidazole rings is 1. The SMILES string of the molecule is CCOC(=O)CC1CNC(=O)c2cncn21. The number of carbonyl (C=O) groups is 2. The maximum Gasteiger partial charge on any atom is 0.307 e. The van der Waals surface area contributed by atoms with Crippen LogP contribution in [0.2, 0.25) is 0 Å². The van der Waals surface area contributed by atoms with Crippen LogP contribution in [0.4, 0.5) is 0 Å². The molecule has 1 amide bonds. The summed E-state index contributed by atoms with van der Waals surface area (Å²) in [4.78, 5) is 26.7. The fraction of sp³-hybridized carbons (Fsp3) is 0.500. The number of ether oxygens (including phenoxy) is 1. The minimum Gasteiger partial charge on any atom is -0.466 e. The van der Waals surface area contributed by atoms with Gasteiger partial charge in [0.1, 0.15) is 5.69 Å². The van der Waals surface area contributed by atoms with E-state index in [1.165, 1.54) is 6.20 Å². The van der Waals surface area contributed by atoms with Crippen molar-refractivity contribution in [3.8, 4) is 0 Å². The van der Waals surface area contributed by atoms with Gasteiger partial charge < -0.3 is 14.6 Å². The average Bonchev–Trinajstić information content (AvgIpc) is 2.72. The molecule has 6 nitrogen and oxygen atoms in total. The van der Waals surface area contributed by atoms with E-state index < -0.39 is 0 Å². The lowest BCUT2D eigenvalue weighted by atomic mass is 10.1. The number of fused-ring (bicyclic) bond motifs is 1. The van der Waals surface area contributed by atoms with Crippen LogP contribution in [0, 0.1) is 0 Å². The Morgan fingerprint density at radius 1 is 1.75 bits per heavy atom. The Bertz CT molecular complexity index is 413. The highest BCUT2D eigenvalue weighted by Gasteiger charge is 2.26. The van der Waals surface area contributed by atoms with Crippen molar-refractivity contribution in [2.24, 2.45) is 0 Å². The molecule has 1 atom stereocenters. The quantitative estimate of drug-likeness (QED) is 0.739. The van der Waals surface area contributed by atoms with Gasteiger partial charge in [-0.2, -0.15) is 0 Å². The van der Waals surface area contributed by atoms with Gasteiger partial charge in [-0.3, -0.25) is 9.59 Å². The van der Waals surface area contributed by atoms with Crippen molar-refractivity contribution in [3.63, 3.8) is 0 Å². The van der Waals surface area contributed by atoms with Gasteiger partial charge in [-0.05, 0) is 6.92 Å². The summed E-state index contributed by atoms with van der Waals surface area (Å²) in [7, 11) is 0. The summed E-state index contributed by atoms with van der Waals surface area (Å²) in [5, 5.41) is 2.71. The van der Waals surface area contributed by atoms with Crippen LogP contribution in [-0.4, -0.2) is 34.6 Å². The molecule has 0 aromatic carbocycles. The molecule has 0 saturated carbocycles. The van der Waals surface area contributed by atoms with Gasteiger partial charge >= 0.3 is 5.97 Å². The van der Waals surface area contributed by atoms with Crippen molar-refractivity contribution in [1.82, 2.24) is 14.9 Å². The summed E-state index contributed by atoms with van der Waals surface area (Å²) < 4.78 is 6.60. The smallest absolute Gasteiger partial charge is 0.307 e. The van der Waals surface area contributed by atoms with Crippen LogP contribution >= 0.6 is 0 Å². The Morgan fingerprint density at radius 3 is 3.31 bits per heavy atom. The highest BCUT2D eigenvalue weighted by atomic mass is 16.5.